The average Bonchev–Trinajstić information content (AvgIpc) is 2.17. The van der Waals surface area contributed by atoms with Crippen molar-refractivity contribution in [3.05, 3.63) is 35.9 Å². The Hall–Kier alpha value is -0.248. The van der Waals surface area contributed by atoms with Crippen LogP contribution in [0.3, 0.4) is 0 Å². The summed E-state index contributed by atoms with van der Waals surface area (Å²) < 4.78 is 0. The Kier molecular flexibility index (Phi) is 6.12. The Morgan fingerprint density at radius 3 is 2.08 bits per heavy atom. The molecule has 13 heavy (non-hydrogen) atoms. The molecule has 0 fully saturated rings. The van der Waals surface area contributed by atoms with Crippen LogP contribution in [0.25, 0.3) is 0 Å². The lowest BCUT2D eigenvalue weighted by Crippen LogP contribution is -2.04. The molecule has 1 aromatic rings. The van der Waals surface area contributed by atoms with Gasteiger partial charge in [-0.3, -0.25) is 0 Å². The SMILES string of the molecule is CCC(C)C(C)c1ccccc1.[AlH3]. The van der Waals surface area contributed by atoms with E-state index in [1.165, 1.54) is 12.0 Å². The van der Waals surface area contributed by atoms with E-state index in [2.05, 4.69) is 51.1 Å². The van der Waals surface area contributed by atoms with Crippen LogP contribution < -0.4 is 0 Å². The zero-order valence-corrected chi connectivity index (χ0v) is 8.25. The van der Waals surface area contributed by atoms with E-state index >= 15 is 0 Å². The third-order valence-corrected chi connectivity index (χ3v) is 2.82. The molecule has 0 heterocycles. The molecule has 0 spiro atoms. The van der Waals surface area contributed by atoms with Crippen molar-refractivity contribution in [2.24, 2.45) is 5.92 Å². The van der Waals surface area contributed by atoms with Crippen molar-refractivity contribution in [2.45, 2.75) is 33.1 Å². The maximum atomic E-state index is 2.32. The van der Waals surface area contributed by atoms with Crippen LogP contribution in [0.2, 0.25) is 0 Å². The number of rotatable bonds is 3. The summed E-state index contributed by atoms with van der Waals surface area (Å²) in [5.74, 6) is 1.48. The molecule has 0 N–H and O–H groups in total. The average molecular weight is 192 g/mol. The van der Waals surface area contributed by atoms with Crippen LogP contribution in [0.15, 0.2) is 30.3 Å². The van der Waals surface area contributed by atoms with Crippen LogP contribution in [0.4, 0.5) is 0 Å². The number of hydrogen-bond acceptors (Lipinski definition) is 0. The van der Waals surface area contributed by atoms with Gasteiger partial charge in [-0.05, 0) is 17.4 Å². The van der Waals surface area contributed by atoms with Crippen molar-refractivity contribution < 1.29 is 0 Å². The van der Waals surface area contributed by atoms with E-state index in [-0.39, 0.29) is 17.4 Å². The molecule has 0 amide bonds. The molecule has 0 radical (unpaired) electrons. The topological polar surface area (TPSA) is 0 Å². The fourth-order valence-corrected chi connectivity index (χ4v) is 1.44. The van der Waals surface area contributed by atoms with E-state index in [4.69, 9.17) is 0 Å². The first-order chi connectivity index (χ1) is 5.75. The van der Waals surface area contributed by atoms with E-state index in [1.807, 2.05) is 0 Å². The number of benzene rings is 1. The molecule has 0 nitrogen and oxygen atoms in total. The molecule has 1 rings (SSSR count). The summed E-state index contributed by atoms with van der Waals surface area (Å²) in [5, 5.41) is 0. The quantitative estimate of drug-likeness (QED) is 0.646. The largest absolute Gasteiger partial charge is 0.187 e. The minimum absolute atomic E-state index is 0. The predicted molar refractivity (Wildman–Crippen MR) is 64.3 cm³/mol. The molecule has 0 aliphatic rings. The Labute approximate surface area is 92.5 Å². The van der Waals surface area contributed by atoms with Gasteiger partial charge >= 0.3 is 0 Å². The lowest BCUT2D eigenvalue weighted by molar-refractivity contribution is 0.473. The molecule has 0 saturated heterocycles. The molecule has 0 aliphatic carbocycles. The molecule has 0 aliphatic heterocycles. The van der Waals surface area contributed by atoms with Gasteiger partial charge in [-0.25, -0.2) is 0 Å². The molecular formula is C12H21Al. The highest BCUT2D eigenvalue weighted by molar-refractivity contribution is 5.75. The maximum absolute atomic E-state index is 2.32. The van der Waals surface area contributed by atoms with Crippen LogP contribution in [0, 0.1) is 5.92 Å². The molecule has 1 aromatic carbocycles. The molecule has 0 saturated carbocycles. The number of hydrogen-bond donors (Lipinski definition) is 0. The first-order valence-electron chi connectivity index (χ1n) is 4.80. The fourth-order valence-electron chi connectivity index (χ4n) is 1.44. The van der Waals surface area contributed by atoms with Crippen molar-refractivity contribution in [1.82, 2.24) is 0 Å². The van der Waals surface area contributed by atoms with E-state index in [9.17, 15) is 0 Å². The van der Waals surface area contributed by atoms with Gasteiger partial charge in [-0.15, -0.1) is 0 Å². The van der Waals surface area contributed by atoms with E-state index < -0.39 is 0 Å². The molecule has 2 atom stereocenters. The van der Waals surface area contributed by atoms with Gasteiger partial charge < -0.3 is 0 Å². The summed E-state index contributed by atoms with van der Waals surface area (Å²) in [6.45, 7) is 6.88. The molecular weight excluding hydrogens is 171 g/mol. The summed E-state index contributed by atoms with van der Waals surface area (Å²) in [4.78, 5) is 0. The predicted octanol–water partition coefficient (Wildman–Crippen LogP) is 2.65. The minimum atomic E-state index is 0. The molecule has 72 valence electrons. The van der Waals surface area contributed by atoms with Gasteiger partial charge in [0.1, 0.15) is 0 Å². The zero-order valence-electron chi connectivity index (χ0n) is 8.25. The van der Waals surface area contributed by atoms with Gasteiger partial charge in [0.15, 0.2) is 17.4 Å². The summed E-state index contributed by atoms with van der Waals surface area (Å²) in [7, 11) is 0. The van der Waals surface area contributed by atoms with Crippen molar-refractivity contribution in [2.75, 3.05) is 0 Å². The fraction of sp³-hybridized carbons (Fsp3) is 0.500. The summed E-state index contributed by atoms with van der Waals surface area (Å²) >= 11 is 0. The first kappa shape index (κ1) is 12.8. The van der Waals surface area contributed by atoms with Crippen LogP contribution in [0.1, 0.15) is 38.7 Å². The second kappa shape index (κ2) is 6.24. The lowest BCUT2D eigenvalue weighted by Gasteiger charge is -2.18. The standard InChI is InChI=1S/C12H18.Al.3H/c1-4-10(2)11(3)12-8-6-5-7-9-12;;;;/h5-11H,4H2,1-3H3;;;;. The summed E-state index contributed by atoms with van der Waals surface area (Å²) in [6, 6.07) is 10.8. The Balaban J connectivity index is 0.00000144. The highest BCUT2D eigenvalue weighted by Gasteiger charge is 2.10. The molecule has 0 aromatic heterocycles. The van der Waals surface area contributed by atoms with Gasteiger partial charge in [-0.2, -0.15) is 0 Å². The van der Waals surface area contributed by atoms with Crippen molar-refractivity contribution in [3.63, 3.8) is 0 Å². The Morgan fingerprint density at radius 2 is 1.62 bits per heavy atom. The highest BCUT2D eigenvalue weighted by Crippen LogP contribution is 2.25. The van der Waals surface area contributed by atoms with Gasteiger partial charge in [0, 0.05) is 0 Å². The molecule has 0 bridgehead atoms. The lowest BCUT2D eigenvalue weighted by atomic mass is 9.87. The Morgan fingerprint density at radius 1 is 1.08 bits per heavy atom. The van der Waals surface area contributed by atoms with E-state index in [1.54, 1.807) is 0 Å². The van der Waals surface area contributed by atoms with Crippen LogP contribution in [-0.2, 0) is 0 Å². The minimum Gasteiger partial charge on any atom is -0.0651 e. The van der Waals surface area contributed by atoms with E-state index in [0.29, 0.717) is 5.92 Å². The van der Waals surface area contributed by atoms with Gasteiger partial charge in [0.2, 0.25) is 0 Å². The van der Waals surface area contributed by atoms with E-state index in [0.717, 1.165) is 5.92 Å². The first-order valence-corrected chi connectivity index (χ1v) is 4.80. The van der Waals surface area contributed by atoms with Crippen LogP contribution in [-0.4, -0.2) is 17.4 Å². The monoisotopic (exact) mass is 192 g/mol. The van der Waals surface area contributed by atoms with Gasteiger partial charge in [-0.1, -0.05) is 57.5 Å². The zero-order chi connectivity index (χ0) is 8.97. The van der Waals surface area contributed by atoms with Crippen molar-refractivity contribution in [3.8, 4) is 0 Å². The smallest absolute Gasteiger partial charge is 0.0651 e. The van der Waals surface area contributed by atoms with Crippen LogP contribution in [0.5, 0.6) is 0 Å². The van der Waals surface area contributed by atoms with Crippen molar-refractivity contribution in [1.29, 1.82) is 0 Å². The normalized spacial score (nSPS) is 14.4. The van der Waals surface area contributed by atoms with Crippen LogP contribution >= 0.6 is 0 Å². The summed E-state index contributed by atoms with van der Waals surface area (Å²) in [6.07, 6.45) is 1.26. The third kappa shape index (κ3) is 3.55. The Bertz CT molecular complexity index is 218. The molecule has 1 heteroatoms. The highest BCUT2D eigenvalue weighted by atomic mass is 27.0. The molecule has 2 unspecified atom stereocenters. The second-order valence-corrected chi connectivity index (χ2v) is 3.58. The van der Waals surface area contributed by atoms with Gasteiger partial charge in [0.05, 0.1) is 0 Å². The maximum Gasteiger partial charge on any atom is 0.187 e. The van der Waals surface area contributed by atoms with Crippen molar-refractivity contribution >= 4 is 17.4 Å². The second-order valence-electron chi connectivity index (χ2n) is 3.58. The van der Waals surface area contributed by atoms with Gasteiger partial charge in [0.25, 0.3) is 0 Å². The summed E-state index contributed by atoms with van der Waals surface area (Å²) in [5.41, 5.74) is 1.46. The third-order valence-electron chi connectivity index (χ3n) is 2.82.